The lowest BCUT2D eigenvalue weighted by atomic mass is 9.77. The van der Waals surface area contributed by atoms with Crippen molar-refractivity contribution in [1.82, 2.24) is 0 Å². The SMILES string of the molecule is COc1cccc2c1c(OC)cc1c3c(ccc12)[C@H](CCc1ccc(F)c(C)c1)CCC3. The second-order valence-electron chi connectivity index (χ2n) is 8.90. The highest BCUT2D eigenvalue weighted by Crippen LogP contribution is 2.44. The maximum absolute atomic E-state index is 13.6. The molecule has 3 heteroatoms. The molecule has 4 aromatic rings. The van der Waals surface area contributed by atoms with E-state index in [0.29, 0.717) is 5.92 Å². The van der Waals surface area contributed by atoms with Gasteiger partial charge in [0.25, 0.3) is 0 Å². The number of ether oxygens (including phenoxy) is 2. The zero-order valence-corrected chi connectivity index (χ0v) is 19.0. The van der Waals surface area contributed by atoms with E-state index >= 15 is 0 Å². The van der Waals surface area contributed by atoms with Gasteiger partial charge in [0.1, 0.15) is 17.3 Å². The third-order valence-corrected chi connectivity index (χ3v) is 7.09. The number of aryl methyl sites for hydroxylation is 3. The number of benzene rings is 4. The molecule has 0 saturated carbocycles. The van der Waals surface area contributed by atoms with Crippen molar-refractivity contribution < 1.29 is 13.9 Å². The summed E-state index contributed by atoms with van der Waals surface area (Å²) < 4.78 is 25.1. The van der Waals surface area contributed by atoms with Crippen LogP contribution in [0.2, 0.25) is 0 Å². The van der Waals surface area contributed by atoms with E-state index in [1.807, 2.05) is 31.2 Å². The minimum Gasteiger partial charge on any atom is -0.496 e. The van der Waals surface area contributed by atoms with Gasteiger partial charge in [-0.15, -0.1) is 0 Å². The highest BCUT2D eigenvalue weighted by molar-refractivity contribution is 6.13. The third kappa shape index (κ3) is 3.50. The van der Waals surface area contributed by atoms with Crippen LogP contribution < -0.4 is 9.47 Å². The highest BCUT2D eigenvalue weighted by atomic mass is 19.1. The number of hydrogen-bond acceptors (Lipinski definition) is 2. The molecule has 32 heavy (non-hydrogen) atoms. The zero-order chi connectivity index (χ0) is 22.2. The monoisotopic (exact) mass is 428 g/mol. The van der Waals surface area contributed by atoms with Crippen LogP contribution >= 0.6 is 0 Å². The minimum absolute atomic E-state index is 0.124. The van der Waals surface area contributed by atoms with Crippen molar-refractivity contribution in [2.24, 2.45) is 0 Å². The molecule has 0 fully saturated rings. The molecule has 164 valence electrons. The third-order valence-electron chi connectivity index (χ3n) is 7.09. The molecule has 4 aromatic carbocycles. The molecule has 0 N–H and O–H groups in total. The summed E-state index contributed by atoms with van der Waals surface area (Å²) in [5, 5.41) is 4.75. The first-order valence-electron chi connectivity index (χ1n) is 11.4. The van der Waals surface area contributed by atoms with Gasteiger partial charge in [-0.1, -0.05) is 36.4 Å². The fraction of sp³-hybridized carbons (Fsp3) is 0.310. The summed E-state index contributed by atoms with van der Waals surface area (Å²) in [6, 6.07) is 18.5. The predicted octanol–water partition coefficient (Wildman–Crippen LogP) is 7.51. The minimum atomic E-state index is -0.124. The quantitative estimate of drug-likeness (QED) is 0.306. The summed E-state index contributed by atoms with van der Waals surface area (Å²) >= 11 is 0. The molecule has 0 bridgehead atoms. The van der Waals surface area contributed by atoms with Crippen molar-refractivity contribution in [3.05, 3.63) is 82.7 Å². The Morgan fingerprint density at radius 2 is 1.75 bits per heavy atom. The fourth-order valence-corrected chi connectivity index (χ4v) is 5.47. The van der Waals surface area contributed by atoms with Crippen LogP contribution in [0.15, 0.2) is 54.6 Å². The summed E-state index contributed by atoms with van der Waals surface area (Å²) in [6.07, 6.45) is 5.55. The van der Waals surface area contributed by atoms with E-state index < -0.39 is 0 Å². The molecule has 0 radical (unpaired) electrons. The summed E-state index contributed by atoms with van der Waals surface area (Å²) in [6.45, 7) is 1.84. The largest absolute Gasteiger partial charge is 0.496 e. The molecular weight excluding hydrogens is 399 g/mol. The van der Waals surface area contributed by atoms with E-state index in [9.17, 15) is 4.39 Å². The molecule has 0 aromatic heterocycles. The van der Waals surface area contributed by atoms with Gasteiger partial charge in [0.05, 0.1) is 19.6 Å². The molecule has 0 aliphatic heterocycles. The lowest BCUT2D eigenvalue weighted by molar-refractivity contribution is 0.405. The molecule has 5 rings (SSSR count). The average Bonchev–Trinajstić information content (AvgIpc) is 2.83. The molecule has 0 amide bonds. The smallest absolute Gasteiger partial charge is 0.131 e. The van der Waals surface area contributed by atoms with Crippen LogP contribution in [0.5, 0.6) is 11.5 Å². The van der Waals surface area contributed by atoms with E-state index in [4.69, 9.17) is 9.47 Å². The van der Waals surface area contributed by atoms with Crippen LogP contribution in [0.4, 0.5) is 4.39 Å². The first kappa shape index (κ1) is 20.8. The first-order valence-corrected chi connectivity index (χ1v) is 11.4. The Hall–Kier alpha value is -3.07. The number of hydrogen-bond donors (Lipinski definition) is 0. The summed E-state index contributed by atoms with van der Waals surface area (Å²) in [5.41, 5.74) is 4.87. The van der Waals surface area contributed by atoms with E-state index in [1.54, 1.807) is 20.3 Å². The molecule has 0 saturated heterocycles. The second-order valence-corrected chi connectivity index (χ2v) is 8.90. The molecule has 0 unspecified atom stereocenters. The van der Waals surface area contributed by atoms with Crippen LogP contribution in [-0.2, 0) is 12.8 Å². The molecule has 1 atom stereocenters. The second kappa shape index (κ2) is 8.46. The van der Waals surface area contributed by atoms with E-state index in [0.717, 1.165) is 41.7 Å². The molecule has 1 aliphatic rings. The van der Waals surface area contributed by atoms with Crippen molar-refractivity contribution >= 4 is 21.5 Å². The Balaban J connectivity index is 1.57. The van der Waals surface area contributed by atoms with Gasteiger partial charge in [-0.3, -0.25) is 0 Å². The van der Waals surface area contributed by atoms with Crippen LogP contribution in [0.1, 0.15) is 47.4 Å². The summed E-state index contributed by atoms with van der Waals surface area (Å²) in [7, 11) is 3.44. The molecule has 2 nitrogen and oxygen atoms in total. The topological polar surface area (TPSA) is 18.5 Å². The van der Waals surface area contributed by atoms with Crippen molar-refractivity contribution in [1.29, 1.82) is 0 Å². The van der Waals surface area contributed by atoms with Gasteiger partial charge >= 0.3 is 0 Å². The molecule has 0 heterocycles. The first-order chi connectivity index (χ1) is 15.6. The lowest BCUT2D eigenvalue weighted by Crippen LogP contribution is -2.11. The lowest BCUT2D eigenvalue weighted by Gasteiger charge is -2.27. The van der Waals surface area contributed by atoms with E-state index in [2.05, 4.69) is 24.3 Å². The number of rotatable bonds is 5. The Bertz CT molecular complexity index is 1310. The number of fused-ring (bicyclic) bond motifs is 5. The van der Waals surface area contributed by atoms with Crippen LogP contribution in [0.3, 0.4) is 0 Å². The summed E-state index contributed by atoms with van der Waals surface area (Å²) in [5.74, 6) is 2.11. The van der Waals surface area contributed by atoms with Gasteiger partial charge in [-0.25, -0.2) is 4.39 Å². The van der Waals surface area contributed by atoms with Crippen LogP contribution in [-0.4, -0.2) is 14.2 Å². The Morgan fingerprint density at radius 3 is 2.53 bits per heavy atom. The van der Waals surface area contributed by atoms with Gasteiger partial charge in [-0.05, 0) is 102 Å². The van der Waals surface area contributed by atoms with Crippen molar-refractivity contribution in [3.8, 4) is 11.5 Å². The van der Waals surface area contributed by atoms with Crippen molar-refractivity contribution in [3.63, 3.8) is 0 Å². The Kier molecular flexibility index (Phi) is 5.50. The fourth-order valence-electron chi connectivity index (χ4n) is 5.47. The van der Waals surface area contributed by atoms with Gasteiger partial charge in [-0.2, -0.15) is 0 Å². The highest BCUT2D eigenvalue weighted by Gasteiger charge is 2.23. The van der Waals surface area contributed by atoms with Crippen LogP contribution in [0.25, 0.3) is 21.5 Å². The number of methoxy groups -OCH3 is 2. The maximum Gasteiger partial charge on any atom is 0.131 e. The van der Waals surface area contributed by atoms with Gasteiger partial charge in [0.15, 0.2) is 0 Å². The van der Waals surface area contributed by atoms with Crippen molar-refractivity contribution in [2.45, 2.75) is 44.9 Å². The number of halogens is 1. The van der Waals surface area contributed by atoms with Crippen molar-refractivity contribution in [2.75, 3.05) is 14.2 Å². The Morgan fingerprint density at radius 1 is 0.906 bits per heavy atom. The molecular formula is C29H29FO2. The maximum atomic E-state index is 13.6. The standard InChI is InChI=1S/C29H29FO2/c1-18-16-19(11-15-26(18)30)10-12-20-6-4-7-22-21(20)13-14-23-24-8-5-9-27(31-2)29(24)28(32-3)17-25(22)23/h5,8-9,11,13-17,20H,4,6-7,10,12H2,1-3H3/t20-/m0/s1. The van der Waals surface area contributed by atoms with Gasteiger partial charge in [0.2, 0.25) is 0 Å². The van der Waals surface area contributed by atoms with E-state index in [-0.39, 0.29) is 5.82 Å². The zero-order valence-electron chi connectivity index (χ0n) is 19.0. The van der Waals surface area contributed by atoms with E-state index in [1.165, 1.54) is 45.7 Å². The molecule has 1 aliphatic carbocycles. The predicted molar refractivity (Wildman–Crippen MR) is 130 cm³/mol. The van der Waals surface area contributed by atoms with Gasteiger partial charge < -0.3 is 9.47 Å². The van der Waals surface area contributed by atoms with Crippen LogP contribution in [0, 0.1) is 12.7 Å². The summed E-state index contributed by atoms with van der Waals surface area (Å²) in [4.78, 5) is 0. The normalized spacial score (nSPS) is 15.7. The molecule has 0 spiro atoms. The van der Waals surface area contributed by atoms with Gasteiger partial charge in [0, 0.05) is 0 Å². The average molecular weight is 429 g/mol. The Labute approximate surface area is 189 Å².